The number of rotatable bonds is 3. The van der Waals surface area contributed by atoms with Crippen molar-refractivity contribution in [3.05, 3.63) is 0 Å². The van der Waals surface area contributed by atoms with Gasteiger partial charge in [-0.25, -0.2) is 0 Å². The van der Waals surface area contributed by atoms with Crippen molar-refractivity contribution in [1.29, 1.82) is 0 Å². The molecule has 1 N–H and O–H groups in total. The molecule has 76 valence electrons. The van der Waals surface area contributed by atoms with Crippen LogP contribution in [0.4, 0.5) is 0 Å². The number of hydrogen-bond donors (Lipinski definition) is 1. The number of likely N-dealkylation sites (tertiary alicyclic amines) is 1. The molecule has 0 bridgehead atoms. The van der Waals surface area contributed by atoms with Crippen LogP contribution in [0.2, 0.25) is 0 Å². The second-order valence-corrected chi connectivity index (χ2v) is 3.29. The summed E-state index contributed by atoms with van der Waals surface area (Å²) in [5.41, 5.74) is 0. The molecule has 1 aliphatic heterocycles. The van der Waals surface area contributed by atoms with Gasteiger partial charge in [-0.15, -0.1) is 6.42 Å². The summed E-state index contributed by atoms with van der Waals surface area (Å²) < 4.78 is 0. The van der Waals surface area contributed by atoms with Crippen LogP contribution in [-0.4, -0.2) is 35.3 Å². The number of hydrogen-bond acceptors (Lipinski definition) is 3. The monoisotopic (exact) mass is 194 g/mol. The standard InChI is InChI=1S/C10H14N2O2/c1-4-7(3)11-8-6-9(13)12(5-2)10(8)14/h1,7-8,11H,5-6H2,2-3H3. The van der Waals surface area contributed by atoms with Crippen molar-refractivity contribution in [2.24, 2.45) is 0 Å². The second kappa shape index (κ2) is 4.25. The predicted molar refractivity (Wildman–Crippen MR) is 52.2 cm³/mol. The lowest BCUT2D eigenvalue weighted by atomic mass is 10.2. The first kappa shape index (κ1) is 10.7. The Bertz CT molecular complexity index is 293. The van der Waals surface area contributed by atoms with E-state index in [1.54, 1.807) is 13.8 Å². The Morgan fingerprint density at radius 3 is 2.79 bits per heavy atom. The number of nitrogens with one attached hydrogen (secondary N) is 1. The summed E-state index contributed by atoms with van der Waals surface area (Å²) in [5.74, 6) is 2.17. The first-order chi connectivity index (χ1) is 6.60. The molecule has 0 aromatic carbocycles. The van der Waals surface area contributed by atoms with Gasteiger partial charge in [0.15, 0.2) is 0 Å². The lowest BCUT2D eigenvalue weighted by Gasteiger charge is -2.14. The fourth-order valence-electron chi connectivity index (χ4n) is 1.50. The van der Waals surface area contributed by atoms with Crippen LogP contribution in [0.15, 0.2) is 0 Å². The van der Waals surface area contributed by atoms with Crippen molar-refractivity contribution >= 4 is 11.8 Å². The van der Waals surface area contributed by atoms with E-state index in [2.05, 4.69) is 11.2 Å². The first-order valence-corrected chi connectivity index (χ1v) is 4.66. The Labute approximate surface area is 83.6 Å². The molecule has 4 heteroatoms. The van der Waals surface area contributed by atoms with E-state index in [1.165, 1.54) is 4.90 Å². The van der Waals surface area contributed by atoms with Gasteiger partial charge in [-0.2, -0.15) is 0 Å². The molecule has 1 fully saturated rings. The average molecular weight is 194 g/mol. The average Bonchev–Trinajstić information content (AvgIpc) is 2.42. The lowest BCUT2D eigenvalue weighted by molar-refractivity contribution is -0.138. The maximum absolute atomic E-state index is 11.6. The normalized spacial score (nSPS) is 23.8. The van der Waals surface area contributed by atoms with Crippen molar-refractivity contribution in [3.63, 3.8) is 0 Å². The largest absolute Gasteiger partial charge is 0.292 e. The van der Waals surface area contributed by atoms with Crippen molar-refractivity contribution in [2.75, 3.05) is 6.54 Å². The van der Waals surface area contributed by atoms with E-state index in [1.807, 2.05) is 0 Å². The molecule has 0 spiro atoms. The molecular formula is C10H14N2O2. The van der Waals surface area contributed by atoms with E-state index in [0.717, 1.165) is 0 Å². The highest BCUT2D eigenvalue weighted by Crippen LogP contribution is 2.12. The van der Waals surface area contributed by atoms with Gasteiger partial charge in [-0.3, -0.25) is 19.8 Å². The lowest BCUT2D eigenvalue weighted by Crippen LogP contribution is -2.42. The number of imide groups is 1. The molecule has 14 heavy (non-hydrogen) atoms. The number of nitrogens with zero attached hydrogens (tertiary/aromatic N) is 1. The molecule has 0 aromatic rings. The van der Waals surface area contributed by atoms with E-state index in [0.29, 0.717) is 6.54 Å². The van der Waals surface area contributed by atoms with Gasteiger partial charge in [0.25, 0.3) is 0 Å². The molecule has 2 amide bonds. The Balaban J connectivity index is 2.63. The van der Waals surface area contributed by atoms with Crippen molar-refractivity contribution in [3.8, 4) is 12.3 Å². The number of amides is 2. The zero-order valence-electron chi connectivity index (χ0n) is 8.41. The summed E-state index contributed by atoms with van der Waals surface area (Å²) in [7, 11) is 0. The van der Waals surface area contributed by atoms with Gasteiger partial charge in [-0.05, 0) is 13.8 Å². The van der Waals surface area contributed by atoms with Gasteiger partial charge < -0.3 is 0 Å². The van der Waals surface area contributed by atoms with Gasteiger partial charge in [0.1, 0.15) is 0 Å². The summed E-state index contributed by atoms with van der Waals surface area (Å²) in [5, 5.41) is 2.92. The van der Waals surface area contributed by atoms with Gasteiger partial charge in [-0.1, -0.05) is 5.92 Å². The number of likely N-dealkylation sites (N-methyl/N-ethyl adjacent to an activating group) is 1. The van der Waals surface area contributed by atoms with Crippen molar-refractivity contribution in [2.45, 2.75) is 32.4 Å². The van der Waals surface area contributed by atoms with Gasteiger partial charge >= 0.3 is 0 Å². The zero-order valence-corrected chi connectivity index (χ0v) is 8.41. The molecule has 0 saturated carbocycles. The number of terminal acetylenes is 1. The smallest absolute Gasteiger partial charge is 0.246 e. The van der Waals surface area contributed by atoms with E-state index in [4.69, 9.17) is 6.42 Å². The quantitative estimate of drug-likeness (QED) is 0.497. The molecule has 2 unspecified atom stereocenters. The topological polar surface area (TPSA) is 49.4 Å². The summed E-state index contributed by atoms with van der Waals surface area (Å²) in [4.78, 5) is 24.1. The van der Waals surface area contributed by atoms with E-state index >= 15 is 0 Å². The zero-order chi connectivity index (χ0) is 10.7. The molecule has 2 atom stereocenters. The highest BCUT2D eigenvalue weighted by molar-refractivity contribution is 6.05. The molecule has 0 aliphatic carbocycles. The minimum Gasteiger partial charge on any atom is -0.292 e. The minimum absolute atomic E-state index is 0.126. The Kier molecular flexibility index (Phi) is 3.26. The van der Waals surface area contributed by atoms with Crippen LogP contribution in [0.25, 0.3) is 0 Å². The summed E-state index contributed by atoms with van der Waals surface area (Å²) in [6.07, 6.45) is 5.40. The maximum Gasteiger partial charge on any atom is 0.246 e. The SMILES string of the molecule is C#CC(C)NC1CC(=O)N(CC)C1=O. The van der Waals surface area contributed by atoms with Crippen LogP contribution >= 0.6 is 0 Å². The second-order valence-electron chi connectivity index (χ2n) is 3.29. The highest BCUT2D eigenvalue weighted by Gasteiger charge is 2.37. The van der Waals surface area contributed by atoms with Crippen LogP contribution in [0.3, 0.4) is 0 Å². The molecular weight excluding hydrogens is 180 g/mol. The minimum atomic E-state index is -0.437. The van der Waals surface area contributed by atoms with Crippen LogP contribution < -0.4 is 5.32 Å². The fraction of sp³-hybridized carbons (Fsp3) is 0.600. The summed E-state index contributed by atoms with van der Waals surface area (Å²) in [6, 6.07) is -0.623. The predicted octanol–water partition coefficient (Wildman–Crippen LogP) is -0.255. The van der Waals surface area contributed by atoms with Crippen molar-refractivity contribution < 1.29 is 9.59 Å². The molecule has 0 aromatic heterocycles. The van der Waals surface area contributed by atoms with Crippen LogP contribution in [0.5, 0.6) is 0 Å². The van der Waals surface area contributed by atoms with E-state index in [-0.39, 0.29) is 24.3 Å². The third-order valence-electron chi connectivity index (χ3n) is 2.26. The van der Waals surface area contributed by atoms with E-state index < -0.39 is 6.04 Å². The molecule has 1 saturated heterocycles. The third-order valence-corrected chi connectivity index (χ3v) is 2.26. The molecule has 1 rings (SSSR count). The number of carbonyl (C=O) groups is 2. The van der Waals surface area contributed by atoms with Gasteiger partial charge in [0.2, 0.25) is 11.8 Å². The Morgan fingerprint density at radius 2 is 2.36 bits per heavy atom. The molecule has 1 heterocycles. The summed E-state index contributed by atoms with van der Waals surface area (Å²) >= 11 is 0. The van der Waals surface area contributed by atoms with Crippen molar-refractivity contribution in [1.82, 2.24) is 10.2 Å². The molecule has 1 aliphatic rings. The summed E-state index contributed by atoms with van der Waals surface area (Å²) in [6.45, 7) is 4.00. The third kappa shape index (κ3) is 1.94. The Morgan fingerprint density at radius 1 is 1.71 bits per heavy atom. The fourth-order valence-corrected chi connectivity index (χ4v) is 1.50. The van der Waals surface area contributed by atoms with Crippen LogP contribution in [0.1, 0.15) is 20.3 Å². The van der Waals surface area contributed by atoms with Gasteiger partial charge in [0, 0.05) is 6.54 Å². The molecule has 4 nitrogen and oxygen atoms in total. The van der Waals surface area contributed by atoms with E-state index in [9.17, 15) is 9.59 Å². The maximum atomic E-state index is 11.6. The number of carbonyl (C=O) groups excluding carboxylic acids is 2. The Hall–Kier alpha value is -1.34. The van der Waals surface area contributed by atoms with Crippen LogP contribution in [-0.2, 0) is 9.59 Å². The van der Waals surface area contributed by atoms with Gasteiger partial charge in [0.05, 0.1) is 18.5 Å². The first-order valence-electron chi connectivity index (χ1n) is 4.66. The van der Waals surface area contributed by atoms with Crippen LogP contribution in [0, 0.1) is 12.3 Å². The molecule has 0 radical (unpaired) electrons. The highest BCUT2D eigenvalue weighted by atomic mass is 16.2.